The number of nitrogens with two attached hydrogens (primary N) is 1. The van der Waals surface area contributed by atoms with Gasteiger partial charge in [0.15, 0.2) is 0 Å². The predicted octanol–water partition coefficient (Wildman–Crippen LogP) is 4.31. The Bertz CT molecular complexity index is 784. The van der Waals surface area contributed by atoms with E-state index in [0.717, 1.165) is 30.8 Å². The number of hydrogen-bond donors (Lipinski definition) is 2. The van der Waals surface area contributed by atoms with Gasteiger partial charge < -0.3 is 0 Å². The van der Waals surface area contributed by atoms with Gasteiger partial charge in [0.05, 0.1) is 6.04 Å². The summed E-state index contributed by atoms with van der Waals surface area (Å²) < 4.78 is 2.03. The highest BCUT2D eigenvalue weighted by Crippen LogP contribution is 2.33. The van der Waals surface area contributed by atoms with Crippen molar-refractivity contribution in [1.82, 2.24) is 10.4 Å². The lowest BCUT2D eigenvalue weighted by Crippen LogP contribution is -2.29. The van der Waals surface area contributed by atoms with E-state index in [1.54, 1.807) is 6.20 Å². The Morgan fingerprint density at radius 2 is 1.90 bits per heavy atom. The maximum atomic E-state index is 5.84. The van der Waals surface area contributed by atoms with E-state index in [0.29, 0.717) is 0 Å². The summed E-state index contributed by atoms with van der Waals surface area (Å²) in [5.74, 6) is 5.84. The van der Waals surface area contributed by atoms with Gasteiger partial charge in [-0.1, -0.05) is 56.1 Å². The second-order valence-corrected chi connectivity index (χ2v) is 6.48. The van der Waals surface area contributed by atoms with Crippen LogP contribution in [0.4, 0.5) is 0 Å². The summed E-state index contributed by atoms with van der Waals surface area (Å²) >= 11 is 7.09. The maximum absolute atomic E-state index is 5.84. The number of nitrogens with one attached hydrogen (secondary N) is 1. The van der Waals surface area contributed by atoms with Crippen molar-refractivity contribution < 1.29 is 0 Å². The van der Waals surface area contributed by atoms with Gasteiger partial charge >= 0.3 is 0 Å². The molecule has 0 aliphatic carbocycles. The number of fused-ring (bicyclic) bond motifs is 1. The van der Waals surface area contributed by atoms with Crippen LogP contribution in [0.2, 0.25) is 0 Å². The van der Waals surface area contributed by atoms with E-state index in [1.807, 2.05) is 30.5 Å². The molecule has 3 aromatic rings. The minimum absolute atomic E-state index is 0.0985. The monoisotopic (exact) mass is 405 g/mol. The topological polar surface area (TPSA) is 50.9 Å². The van der Waals surface area contributed by atoms with Crippen LogP contribution in [0.25, 0.3) is 10.8 Å². The van der Waals surface area contributed by atoms with Crippen LogP contribution in [-0.2, 0) is 0 Å². The summed E-state index contributed by atoms with van der Waals surface area (Å²) in [4.78, 5) is 4.17. The first-order valence-corrected chi connectivity index (χ1v) is 8.03. The van der Waals surface area contributed by atoms with Crippen molar-refractivity contribution in [2.45, 2.75) is 6.04 Å². The Kier molecular flexibility index (Phi) is 4.35. The Balaban J connectivity index is 2.18. The molecule has 3 nitrogen and oxygen atoms in total. The lowest BCUT2D eigenvalue weighted by atomic mass is 9.95. The minimum atomic E-state index is -0.0985. The average molecular weight is 407 g/mol. The first kappa shape index (κ1) is 14.7. The Labute approximate surface area is 139 Å². The maximum Gasteiger partial charge on any atom is 0.0727 e. The van der Waals surface area contributed by atoms with E-state index >= 15 is 0 Å². The molecule has 0 aliphatic rings. The van der Waals surface area contributed by atoms with Crippen LogP contribution in [0.5, 0.6) is 0 Å². The molecule has 0 saturated heterocycles. The van der Waals surface area contributed by atoms with Crippen molar-refractivity contribution in [1.29, 1.82) is 0 Å². The van der Waals surface area contributed by atoms with Gasteiger partial charge in [0.2, 0.25) is 0 Å². The van der Waals surface area contributed by atoms with E-state index < -0.39 is 0 Å². The van der Waals surface area contributed by atoms with Crippen molar-refractivity contribution in [3.05, 3.63) is 74.9 Å². The Hall–Kier alpha value is -1.27. The summed E-state index contributed by atoms with van der Waals surface area (Å²) in [6, 6.07) is 14.2. The number of hydrazine groups is 1. The molecule has 1 aromatic heterocycles. The smallest absolute Gasteiger partial charge is 0.0727 e. The number of aromatic nitrogens is 1. The standard InChI is InChI=1S/C16H13Br2N3/c17-11-4-5-14(15(18)8-11)16(21-19)13-3-1-2-10-9-20-7-6-12(10)13/h1-9,16,21H,19H2. The van der Waals surface area contributed by atoms with E-state index in [-0.39, 0.29) is 6.04 Å². The average Bonchev–Trinajstić information content (AvgIpc) is 2.50. The fourth-order valence-corrected chi connectivity index (χ4v) is 3.76. The number of hydrogen-bond acceptors (Lipinski definition) is 3. The van der Waals surface area contributed by atoms with Crippen molar-refractivity contribution in [2.24, 2.45) is 5.84 Å². The molecule has 0 saturated carbocycles. The van der Waals surface area contributed by atoms with Gasteiger partial charge in [-0.3, -0.25) is 10.8 Å². The molecule has 3 rings (SSSR count). The lowest BCUT2D eigenvalue weighted by molar-refractivity contribution is 0.638. The summed E-state index contributed by atoms with van der Waals surface area (Å²) in [6.07, 6.45) is 3.67. The molecule has 21 heavy (non-hydrogen) atoms. The SMILES string of the molecule is NNC(c1ccc(Br)cc1Br)c1cccc2cnccc12. The summed E-state index contributed by atoms with van der Waals surface area (Å²) in [6.45, 7) is 0. The number of halogens is 2. The van der Waals surface area contributed by atoms with Crippen LogP contribution in [0.15, 0.2) is 63.8 Å². The quantitative estimate of drug-likeness (QED) is 0.503. The second-order valence-electron chi connectivity index (χ2n) is 4.71. The van der Waals surface area contributed by atoms with Gasteiger partial charge in [0.25, 0.3) is 0 Å². The van der Waals surface area contributed by atoms with Gasteiger partial charge in [0, 0.05) is 26.7 Å². The van der Waals surface area contributed by atoms with Crippen LogP contribution in [0.3, 0.4) is 0 Å². The van der Waals surface area contributed by atoms with Crippen molar-refractivity contribution >= 4 is 42.6 Å². The highest BCUT2D eigenvalue weighted by Gasteiger charge is 2.17. The zero-order valence-corrected chi connectivity index (χ0v) is 14.2. The molecule has 0 fully saturated rings. The highest BCUT2D eigenvalue weighted by molar-refractivity contribution is 9.11. The van der Waals surface area contributed by atoms with Gasteiger partial charge in [-0.2, -0.15) is 0 Å². The summed E-state index contributed by atoms with van der Waals surface area (Å²) in [5.41, 5.74) is 5.13. The number of rotatable bonds is 3. The molecular formula is C16H13Br2N3. The molecule has 3 N–H and O–H groups in total. The zero-order valence-electron chi connectivity index (χ0n) is 11.1. The second kappa shape index (κ2) is 6.23. The van der Waals surface area contributed by atoms with Gasteiger partial charge in [-0.05, 0) is 34.7 Å². The lowest BCUT2D eigenvalue weighted by Gasteiger charge is -2.20. The molecule has 2 aromatic carbocycles. The van der Waals surface area contributed by atoms with E-state index in [4.69, 9.17) is 5.84 Å². The molecule has 0 aliphatic heterocycles. The normalized spacial score (nSPS) is 12.5. The molecule has 0 radical (unpaired) electrons. The number of benzene rings is 2. The highest BCUT2D eigenvalue weighted by atomic mass is 79.9. The Morgan fingerprint density at radius 1 is 1.05 bits per heavy atom. The summed E-state index contributed by atoms with van der Waals surface area (Å²) in [7, 11) is 0. The largest absolute Gasteiger partial charge is 0.271 e. The number of nitrogens with zero attached hydrogens (tertiary/aromatic N) is 1. The van der Waals surface area contributed by atoms with Crippen molar-refractivity contribution in [2.75, 3.05) is 0 Å². The molecule has 106 valence electrons. The minimum Gasteiger partial charge on any atom is -0.271 e. The van der Waals surface area contributed by atoms with Gasteiger partial charge in [-0.25, -0.2) is 5.43 Å². The van der Waals surface area contributed by atoms with Crippen LogP contribution < -0.4 is 11.3 Å². The van der Waals surface area contributed by atoms with Gasteiger partial charge in [0.1, 0.15) is 0 Å². The van der Waals surface area contributed by atoms with Gasteiger partial charge in [-0.15, -0.1) is 0 Å². The third-order valence-corrected chi connectivity index (χ3v) is 4.65. The predicted molar refractivity (Wildman–Crippen MR) is 92.8 cm³/mol. The number of pyridine rings is 1. The van der Waals surface area contributed by atoms with E-state index in [9.17, 15) is 0 Å². The fourth-order valence-electron chi connectivity index (χ4n) is 2.48. The molecule has 0 spiro atoms. The fraction of sp³-hybridized carbons (Fsp3) is 0.0625. The van der Waals surface area contributed by atoms with Crippen LogP contribution in [-0.4, -0.2) is 4.98 Å². The molecule has 0 bridgehead atoms. The molecule has 1 heterocycles. The van der Waals surface area contributed by atoms with Crippen LogP contribution in [0.1, 0.15) is 17.2 Å². The Morgan fingerprint density at radius 3 is 2.67 bits per heavy atom. The third-order valence-electron chi connectivity index (χ3n) is 3.47. The third kappa shape index (κ3) is 2.87. The molecule has 0 amide bonds. The van der Waals surface area contributed by atoms with Crippen LogP contribution >= 0.6 is 31.9 Å². The zero-order chi connectivity index (χ0) is 14.8. The molecule has 1 unspecified atom stereocenters. The molecule has 1 atom stereocenters. The first-order chi connectivity index (χ1) is 10.2. The first-order valence-electron chi connectivity index (χ1n) is 6.44. The van der Waals surface area contributed by atoms with Crippen LogP contribution in [0, 0.1) is 0 Å². The van der Waals surface area contributed by atoms with Crippen molar-refractivity contribution in [3.63, 3.8) is 0 Å². The molecule has 5 heteroatoms. The summed E-state index contributed by atoms with van der Waals surface area (Å²) in [5, 5.41) is 2.24. The molecular weight excluding hydrogens is 394 g/mol. The van der Waals surface area contributed by atoms with Crippen molar-refractivity contribution in [3.8, 4) is 0 Å². The van der Waals surface area contributed by atoms with E-state index in [2.05, 4.69) is 60.5 Å². The van der Waals surface area contributed by atoms with E-state index in [1.165, 1.54) is 0 Å².